The number of rotatable bonds is 3. The molecule has 3 N–H and O–H groups in total. The molecule has 0 spiro atoms. The second-order valence-corrected chi connectivity index (χ2v) is 5.97. The second-order valence-electron chi connectivity index (χ2n) is 3.11. The summed E-state index contributed by atoms with van der Waals surface area (Å²) in [6, 6.07) is 2.97. The van der Waals surface area contributed by atoms with Gasteiger partial charge in [0.2, 0.25) is 5.13 Å². The zero-order valence-electron chi connectivity index (χ0n) is 8.59. The van der Waals surface area contributed by atoms with Gasteiger partial charge in [-0.2, -0.15) is 8.42 Å². The first-order chi connectivity index (χ1) is 8.40. The zero-order valence-corrected chi connectivity index (χ0v) is 10.2. The largest absolute Gasteiger partial charge is 0.374 e. The maximum atomic E-state index is 13.3. The first-order valence-corrected chi connectivity index (χ1v) is 6.76. The van der Waals surface area contributed by atoms with E-state index in [2.05, 4.69) is 10.2 Å². The Kier molecular flexibility index (Phi) is 3.13. The second kappa shape index (κ2) is 4.46. The van der Waals surface area contributed by atoms with Gasteiger partial charge in [-0.05, 0) is 12.1 Å². The Balaban J connectivity index is 2.40. The Bertz CT molecular complexity index is 666. The Labute approximate surface area is 105 Å². The van der Waals surface area contributed by atoms with Crippen molar-refractivity contribution in [2.45, 2.75) is 4.34 Å². The molecule has 0 bridgehead atoms. The third kappa shape index (κ3) is 2.38. The van der Waals surface area contributed by atoms with E-state index in [-0.39, 0.29) is 5.13 Å². The van der Waals surface area contributed by atoms with Crippen LogP contribution < -0.4 is 10.5 Å². The summed E-state index contributed by atoms with van der Waals surface area (Å²) in [5.74, 6) is -2.06. The molecule has 1 aromatic carbocycles. The Morgan fingerprint density at radius 3 is 2.33 bits per heavy atom. The van der Waals surface area contributed by atoms with E-state index in [1.807, 2.05) is 0 Å². The molecule has 96 valence electrons. The fourth-order valence-corrected chi connectivity index (χ4v) is 2.96. The van der Waals surface area contributed by atoms with E-state index >= 15 is 0 Å². The molecular weight excluding hydrogens is 286 g/mol. The van der Waals surface area contributed by atoms with Crippen molar-refractivity contribution in [1.82, 2.24) is 10.2 Å². The van der Waals surface area contributed by atoms with Crippen LogP contribution in [0.2, 0.25) is 0 Å². The molecule has 0 fully saturated rings. The number of nitrogen functional groups attached to an aromatic ring is 1. The van der Waals surface area contributed by atoms with E-state index in [4.69, 9.17) is 5.73 Å². The lowest BCUT2D eigenvalue weighted by molar-refractivity contribution is 0.582. The molecule has 2 rings (SSSR count). The number of benzene rings is 1. The molecule has 0 saturated heterocycles. The summed E-state index contributed by atoms with van der Waals surface area (Å²) in [7, 11) is -4.20. The number of para-hydroxylation sites is 1. The molecule has 0 amide bonds. The van der Waals surface area contributed by atoms with Gasteiger partial charge in [0.1, 0.15) is 17.3 Å². The topological polar surface area (TPSA) is 98.0 Å². The summed E-state index contributed by atoms with van der Waals surface area (Å²) in [5, 5.41) is 6.53. The number of hydrogen-bond donors (Lipinski definition) is 2. The fraction of sp³-hybridized carbons (Fsp3) is 0. The predicted octanol–water partition coefficient (Wildman–Crippen LogP) is 1.20. The lowest BCUT2D eigenvalue weighted by Crippen LogP contribution is -2.15. The van der Waals surface area contributed by atoms with Crippen LogP contribution in [0.15, 0.2) is 22.5 Å². The van der Waals surface area contributed by atoms with Gasteiger partial charge in [-0.25, -0.2) is 8.78 Å². The Morgan fingerprint density at radius 1 is 1.22 bits per heavy atom. The van der Waals surface area contributed by atoms with E-state index in [0.717, 1.165) is 18.2 Å². The molecule has 0 aliphatic rings. The standard InChI is InChI=1S/C8H6F2N4O2S2/c9-4-2-1-3-5(10)6(4)14-18(15,16)8-13-12-7(11)17-8/h1-3,14H,(H2,11,12). The maximum absolute atomic E-state index is 13.3. The van der Waals surface area contributed by atoms with Crippen LogP contribution in [-0.4, -0.2) is 18.6 Å². The van der Waals surface area contributed by atoms with E-state index in [9.17, 15) is 17.2 Å². The van der Waals surface area contributed by atoms with Crippen LogP contribution in [0.3, 0.4) is 0 Å². The van der Waals surface area contributed by atoms with Crippen LogP contribution in [0, 0.1) is 11.6 Å². The number of halogens is 2. The third-order valence-electron chi connectivity index (χ3n) is 1.85. The number of aromatic nitrogens is 2. The molecule has 1 heterocycles. The highest BCUT2D eigenvalue weighted by Crippen LogP contribution is 2.24. The maximum Gasteiger partial charge on any atom is 0.291 e. The lowest BCUT2D eigenvalue weighted by atomic mass is 10.3. The van der Waals surface area contributed by atoms with Crippen molar-refractivity contribution < 1.29 is 17.2 Å². The predicted molar refractivity (Wildman–Crippen MR) is 61.5 cm³/mol. The van der Waals surface area contributed by atoms with Gasteiger partial charge in [0.05, 0.1) is 0 Å². The van der Waals surface area contributed by atoms with Crippen molar-refractivity contribution in [2.24, 2.45) is 0 Å². The van der Waals surface area contributed by atoms with Crippen molar-refractivity contribution in [3.63, 3.8) is 0 Å². The van der Waals surface area contributed by atoms with Gasteiger partial charge in [0.15, 0.2) is 0 Å². The van der Waals surface area contributed by atoms with E-state index in [0.29, 0.717) is 11.3 Å². The Hall–Kier alpha value is -1.81. The normalized spacial score (nSPS) is 11.4. The van der Waals surface area contributed by atoms with Crippen LogP contribution >= 0.6 is 11.3 Å². The van der Waals surface area contributed by atoms with Gasteiger partial charge >= 0.3 is 0 Å². The molecule has 0 atom stereocenters. The highest BCUT2D eigenvalue weighted by atomic mass is 32.2. The number of nitrogens with zero attached hydrogens (tertiary/aromatic N) is 2. The molecule has 0 saturated carbocycles. The van der Waals surface area contributed by atoms with Gasteiger partial charge in [0.25, 0.3) is 14.4 Å². The fourth-order valence-electron chi connectivity index (χ4n) is 1.10. The van der Waals surface area contributed by atoms with Crippen LogP contribution in [0.5, 0.6) is 0 Å². The minimum Gasteiger partial charge on any atom is -0.374 e. The average molecular weight is 292 g/mol. The van der Waals surface area contributed by atoms with Gasteiger partial charge in [-0.3, -0.25) is 4.72 Å². The van der Waals surface area contributed by atoms with E-state index < -0.39 is 31.7 Å². The number of nitrogens with one attached hydrogen (secondary N) is 1. The average Bonchev–Trinajstić information content (AvgIpc) is 2.71. The van der Waals surface area contributed by atoms with Crippen molar-refractivity contribution in [3.05, 3.63) is 29.8 Å². The highest BCUT2D eigenvalue weighted by Gasteiger charge is 2.22. The van der Waals surface area contributed by atoms with Crippen LogP contribution in [-0.2, 0) is 10.0 Å². The van der Waals surface area contributed by atoms with Crippen LogP contribution in [0.1, 0.15) is 0 Å². The molecule has 1 aromatic heterocycles. The van der Waals surface area contributed by atoms with Crippen molar-refractivity contribution in [1.29, 1.82) is 0 Å². The van der Waals surface area contributed by atoms with Gasteiger partial charge in [-0.1, -0.05) is 17.4 Å². The quantitative estimate of drug-likeness (QED) is 0.885. The molecule has 18 heavy (non-hydrogen) atoms. The number of sulfonamides is 1. The molecule has 0 unspecified atom stereocenters. The molecule has 0 aliphatic carbocycles. The van der Waals surface area contributed by atoms with E-state index in [1.54, 1.807) is 4.72 Å². The molecular formula is C8H6F2N4O2S2. The SMILES string of the molecule is Nc1nnc(S(=O)(=O)Nc2c(F)cccc2F)s1. The van der Waals surface area contributed by atoms with E-state index in [1.165, 1.54) is 0 Å². The monoisotopic (exact) mass is 292 g/mol. The third-order valence-corrected chi connectivity index (χ3v) is 4.32. The van der Waals surface area contributed by atoms with Crippen LogP contribution in [0.4, 0.5) is 19.6 Å². The summed E-state index contributed by atoms with van der Waals surface area (Å²) in [4.78, 5) is 0. The molecule has 2 aromatic rings. The van der Waals surface area contributed by atoms with Crippen molar-refractivity contribution in [3.8, 4) is 0 Å². The summed E-state index contributed by atoms with van der Waals surface area (Å²) < 4.78 is 51.3. The summed E-state index contributed by atoms with van der Waals surface area (Å²) in [5.41, 5.74) is 4.46. The molecule has 0 radical (unpaired) electrons. The number of nitrogens with two attached hydrogens (primary N) is 1. The van der Waals surface area contributed by atoms with Gasteiger partial charge < -0.3 is 5.73 Å². The number of hydrogen-bond acceptors (Lipinski definition) is 6. The minimum absolute atomic E-state index is 0.0654. The summed E-state index contributed by atoms with van der Waals surface area (Å²) in [6.45, 7) is 0. The Morgan fingerprint density at radius 2 is 1.83 bits per heavy atom. The van der Waals surface area contributed by atoms with Gasteiger partial charge in [-0.15, -0.1) is 10.2 Å². The smallest absolute Gasteiger partial charge is 0.291 e. The first kappa shape index (κ1) is 12.6. The van der Waals surface area contributed by atoms with Crippen LogP contribution in [0.25, 0.3) is 0 Å². The summed E-state index contributed by atoms with van der Waals surface area (Å²) in [6.07, 6.45) is 0. The molecule has 6 nitrogen and oxygen atoms in total. The van der Waals surface area contributed by atoms with Crippen molar-refractivity contribution >= 4 is 32.2 Å². The molecule has 0 aliphatic heterocycles. The lowest BCUT2D eigenvalue weighted by Gasteiger charge is -2.06. The molecule has 10 heteroatoms. The zero-order chi connectivity index (χ0) is 13.3. The number of anilines is 2. The highest BCUT2D eigenvalue weighted by molar-refractivity contribution is 7.94. The van der Waals surface area contributed by atoms with Crippen molar-refractivity contribution in [2.75, 3.05) is 10.5 Å². The minimum atomic E-state index is -4.20. The first-order valence-electron chi connectivity index (χ1n) is 4.46. The van der Waals surface area contributed by atoms with Gasteiger partial charge in [0, 0.05) is 0 Å². The summed E-state index contributed by atoms with van der Waals surface area (Å²) >= 11 is 0.586.